The zero-order chi connectivity index (χ0) is 11.5. The van der Waals surface area contributed by atoms with Crippen LogP contribution in [0.15, 0.2) is 24.7 Å². The Labute approximate surface area is 97.4 Å². The first-order valence-electron chi connectivity index (χ1n) is 4.87. The number of rotatable bonds is 3. The lowest BCUT2D eigenvalue weighted by Gasteiger charge is -2.05. The highest BCUT2D eigenvalue weighted by Gasteiger charge is 2.13. The fraction of sp³-hybridized carbons (Fsp3) is 0.200. The molecule has 1 amide bonds. The molecule has 0 saturated carbocycles. The van der Waals surface area contributed by atoms with E-state index in [1.165, 1.54) is 0 Å². The summed E-state index contributed by atoms with van der Waals surface area (Å²) in [5.41, 5.74) is 0.518. The van der Waals surface area contributed by atoms with Crippen molar-refractivity contribution in [2.75, 3.05) is 5.32 Å². The smallest absolute Gasteiger partial charge is 0.274 e. The van der Waals surface area contributed by atoms with Gasteiger partial charge in [-0.3, -0.25) is 10.1 Å². The molecule has 2 heterocycles. The molecule has 0 aromatic carbocycles. The van der Waals surface area contributed by atoms with E-state index in [0.29, 0.717) is 23.2 Å². The molecular weight excluding hydrogens is 228 g/mol. The van der Waals surface area contributed by atoms with E-state index in [0.717, 1.165) is 0 Å². The van der Waals surface area contributed by atoms with Crippen molar-refractivity contribution in [3.63, 3.8) is 0 Å². The fourth-order valence-electron chi connectivity index (χ4n) is 1.43. The number of carbonyl (C=O) groups excluding carboxylic acids is 1. The number of nitrogens with one attached hydrogen (secondary N) is 2. The molecule has 0 saturated heterocycles. The van der Waals surface area contributed by atoms with E-state index >= 15 is 0 Å². The number of anilines is 1. The molecule has 0 aliphatic rings. The van der Waals surface area contributed by atoms with Crippen molar-refractivity contribution >= 4 is 23.5 Å². The summed E-state index contributed by atoms with van der Waals surface area (Å²) in [6.07, 6.45) is 4.93. The van der Waals surface area contributed by atoms with Gasteiger partial charge in [-0.25, -0.2) is 4.98 Å². The second kappa shape index (κ2) is 4.40. The number of nitrogens with zero attached hydrogens (tertiary/aromatic N) is 2. The third-order valence-electron chi connectivity index (χ3n) is 2.17. The summed E-state index contributed by atoms with van der Waals surface area (Å²) in [6.45, 7) is 2.63. The van der Waals surface area contributed by atoms with Crippen molar-refractivity contribution in [3.05, 3.63) is 35.4 Å². The molecule has 0 aliphatic heterocycles. The third kappa shape index (κ3) is 2.09. The maximum Gasteiger partial charge on any atom is 0.274 e. The molecule has 2 aromatic rings. The molecule has 0 radical (unpaired) electrons. The Morgan fingerprint density at radius 1 is 1.69 bits per heavy atom. The molecule has 2 N–H and O–H groups in total. The van der Waals surface area contributed by atoms with Gasteiger partial charge in [-0.1, -0.05) is 11.6 Å². The number of hydrogen-bond donors (Lipinski definition) is 2. The second-order valence-corrected chi connectivity index (χ2v) is 3.66. The standard InChI is InChI=1S/C10H11ClN4O/c1-2-15-6-7(11)5-8(15)9(16)14-10-12-3-4-13-10/h3-6H,2H2,1H3,(H2,12,13,14,16). The van der Waals surface area contributed by atoms with E-state index in [2.05, 4.69) is 15.3 Å². The number of aromatic nitrogens is 3. The van der Waals surface area contributed by atoms with Crippen LogP contribution in [0.25, 0.3) is 0 Å². The number of halogens is 1. The van der Waals surface area contributed by atoms with Gasteiger partial charge in [-0.05, 0) is 13.0 Å². The van der Waals surface area contributed by atoms with Crippen LogP contribution in [0.1, 0.15) is 17.4 Å². The van der Waals surface area contributed by atoms with Crippen molar-refractivity contribution in [2.24, 2.45) is 0 Å². The molecule has 0 fully saturated rings. The van der Waals surface area contributed by atoms with Gasteiger partial charge in [0.05, 0.1) is 5.02 Å². The molecule has 2 aromatic heterocycles. The highest BCUT2D eigenvalue weighted by atomic mass is 35.5. The van der Waals surface area contributed by atoms with Crippen LogP contribution in [0.2, 0.25) is 5.02 Å². The van der Waals surface area contributed by atoms with Gasteiger partial charge in [0.2, 0.25) is 5.95 Å². The Hall–Kier alpha value is -1.75. The van der Waals surface area contributed by atoms with Gasteiger partial charge in [-0.15, -0.1) is 0 Å². The van der Waals surface area contributed by atoms with Gasteiger partial charge in [-0.2, -0.15) is 0 Å². The van der Waals surface area contributed by atoms with E-state index in [1.807, 2.05) is 6.92 Å². The van der Waals surface area contributed by atoms with Crippen molar-refractivity contribution in [3.8, 4) is 0 Å². The predicted molar refractivity (Wildman–Crippen MR) is 61.7 cm³/mol. The topological polar surface area (TPSA) is 62.7 Å². The first kappa shape index (κ1) is 10.8. The minimum absolute atomic E-state index is 0.233. The molecular formula is C10H11ClN4O. The SMILES string of the molecule is CCn1cc(Cl)cc1C(=O)Nc1ncc[nH]1. The maximum absolute atomic E-state index is 11.9. The Balaban J connectivity index is 2.20. The number of aromatic amines is 1. The molecule has 0 bridgehead atoms. The number of aryl methyl sites for hydroxylation is 1. The van der Waals surface area contributed by atoms with Crippen LogP contribution in [0.5, 0.6) is 0 Å². The Morgan fingerprint density at radius 2 is 2.50 bits per heavy atom. The lowest BCUT2D eigenvalue weighted by molar-refractivity contribution is 0.101. The van der Waals surface area contributed by atoms with Crippen LogP contribution in [0, 0.1) is 0 Å². The summed E-state index contributed by atoms with van der Waals surface area (Å²) < 4.78 is 1.78. The monoisotopic (exact) mass is 238 g/mol. The lowest BCUT2D eigenvalue weighted by Crippen LogP contribution is -2.17. The summed E-state index contributed by atoms with van der Waals surface area (Å²) in [6, 6.07) is 1.63. The summed E-state index contributed by atoms with van der Waals surface area (Å²) in [5.74, 6) is 0.189. The zero-order valence-corrected chi connectivity index (χ0v) is 9.45. The van der Waals surface area contributed by atoms with E-state index in [1.54, 1.807) is 29.2 Å². The summed E-state index contributed by atoms with van der Waals surface area (Å²) in [7, 11) is 0. The van der Waals surface area contributed by atoms with Gasteiger partial charge in [0.15, 0.2) is 0 Å². The Bertz CT molecular complexity index is 489. The average Bonchev–Trinajstić information content (AvgIpc) is 2.86. The Kier molecular flexibility index (Phi) is 2.96. The van der Waals surface area contributed by atoms with E-state index < -0.39 is 0 Å². The van der Waals surface area contributed by atoms with E-state index in [4.69, 9.17) is 11.6 Å². The minimum atomic E-state index is -0.233. The van der Waals surface area contributed by atoms with Gasteiger partial charge in [0.25, 0.3) is 5.91 Å². The van der Waals surface area contributed by atoms with Gasteiger partial charge in [0.1, 0.15) is 5.69 Å². The minimum Gasteiger partial charge on any atom is -0.342 e. The van der Waals surface area contributed by atoms with Crippen LogP contribution in [-0.2, 0) is 6.54 Å². The van der Waals surface area contributed by atoms with Crippen molar-refractivity contribution < 1.29 is 4.79 Å². The molecule has 84 valence electrons. The number of imidazole rings is 1. The second-order valence-electron chi connectivity index (χ2n) is 3.22. The molecule has 0 aliphatic carbocycles. The molecule has 16 heavy (non-hydrogen) atoms. The largest absolute Gasteiger partial charge is 0.342 e. The van der Waals surface area contributed by atoms with Crippen molar-refractivity contribution in [2.45, 2.75) is 13.5 Å². The fourth-order valence-corrected chi connectivity index (χ4v) is 1.65. The maximum atomic E-state index is 11.9. The first-order valence-corrected chi connectivity index (χ1v) is 5.25. The van der Waals surface area contributed by atoms with Crippen LogP contribution >= 0.6 is 11.6 Å². The molecule has 0 spiro atoms. The zero-order valence-electron chi connectivity index (χ0n) is 8.70. The van der Waals surface area contributed by atoms with Crippen LogP contribution < -0.4 is 5.32 Å². The normalized spacial score (nSPS) is 10.4. The Morgan fingerprint density at radius 3 is 3.12 bits per heavy atom. The first-order chi connectivity index (χ1) is 7.70. The highest BCUT2D eigenvalue weighted by Crippen LogP contribution is 2.15. The van der Waals surface area contributed by atoms with Crippen LogP contribution in [0.3, 0.4) is 0 Å². The quantitative estimate of drug-likeness (QED) is 0.861. The molecule has 6 heteroatoms. The van der Waals surface area contributed by atoms with Gasteiger partial charge in [0, 0.05) is 25.1 Å². The van der Waals surface area contributed by atoms with Gasteiger partial charge >= 0.3 is 0 Å². The third-order valence-corrected chi connectivity index (χ3v) is 2.37. The molecule has 0 atom stereocenters. The molecule has 2 rings (SSSR count). The number of amides is 1. The number of H-pyrrole nitrogens is 1. The van der Waals surface area contributed by atoms with Crippen molar-refractivity contribution in [1.82, 2.24) is 14.5 Å². The van der Waals surface area contributed by atoms with E-state index in [9.17, 15) is 4.79 Å². The summed E-state index contributed by atoms with van der Waals surface area (Å²) in [4.78, 5) is 18.6. The molecule has 5 nitrogen and oxygen atoms in total. The summed E-state index contributed by atoms with van der Waals surface area (Å²) in [5, 5.41) is 3.19. The van der Waals surface area contributed by atoms with E-state index in [-0.39, 0.29) is 5.91 Å². The molecule has 0 unspecified atom stereocenters. The van der Waals surface area contributed by atoms with Crippen LogP contribution in [0.4, 0.5) is 5.95 Å². The van der Waals surface area contributed by atoms with Crippen molar-refractivity contribution in [1.29, 1.82) is 0 Å². The number of carbonyl (C=O) groups is 1. The average molecular weight is 239 g/mol. The summed E-state index contributed by atoms with van der Waals surface area (Å²) >= 11 is 5.85. The highest BCUT2D eigenvalue weighted by molar-refractivity contribution is 6.31. The lowest BCUT2D eigenvalue weighted by atomic mass is 10.4. The number of hydrogen-bond acceptors (Lipinski definition) is 2. The van der Waals surface area contributed by atoms with Gasteiger partial charge < -0.3 is 9.55 Å². The van der Waals surface area contributed by atoms with Crippen LogP contribution in [-0.4, -0.2) is 20.4 Å². The predicted octanol–water partition coefficient (Wildman–Crippen LogP) is 2.14.